The lowest BCUT2D eigenvalue weighted by molar-refractivity contribution is -0.138. The van der Waals surface area contributed by atoms with Crippen molar-refractivity contribution in [2.75, 3.05) is 0 Å². The van der Waals surface area contributed by atoms with Gasteiger partial charge in [0.25, 0.3) is 0 Å². The summed E-state index contributed by atoms with van der Waals surface area (Å²) in [5.74, 6) is -4.05. The van der Waals surface area contributed by atoms with Crippen LogP contribution in [0.1, 0.15) is 17.0 Å². The first-order chi connectivity index (χ1) is 9.49. The quantitative estimate of drug-likeness (QED) is 0.925. The van der Waals surface area contributed by atoms with Crippen LogP contribution in [0.3, 0.4) is 0 Å². The number of hydrogen-bond donors (Lipinski definition) is 1. The van der Waals surface area contributed by atoms with Crippen LogP contribution in [0.15, 0.2) is 42.5 Å². The van der Waals surface area contributed by atoms with Crippen LogP contribution in [0, 0.1) is 11.6 Å². The van der Waals surface area contributed by atoms with Gasteiger partial charge in [-0.15, -0.1) is 0 Å². The van der Waals surface area contributed by atoms with Crippen LogP contribution in [0.4, 0.5) is 8.78 Å². The fraction of sp³-hybridized carbons (Fsp3) is 0.133. The molecule has 0 aliphatic heterocycles. The van der Waals surface area contributed by atoms with E-state index in [0.29, 0.717) is 10.6 Å². The zero-order valence-corrected chi connectivity index (χ0v) is 11.1. The van der Waals surface area contributed by atoms with E-state index in [-0.39, 0.29) is 12.0 Å². The number of aliphatic carboxylic acids is 1. The van der Waals surface area contributed by atoms with E-state index in [1.807, 2.05) is 0 Å². The van der Waals surface area contributed by atoms with E-state index in [0.717, 1.165) is 6.07 Å². The summed E-state index contributed by atoms with van der Waals surface area (Å²) in [5, 5.41) is 9.75. The van der Waals surface area contributed by atoms with Gasteiger partial charge in [0.2, 0.25) is 0 Å². The van der Waals surface area contributed by atoms with Crippen molar-refractivity contribution in [3.8, 4) is 0 Å². The van der Waals surface area contributed by atoms with Gasteiger partial charge in [0.05, 0.1) is 5.92 Å². The highest BCUT2D eigenvalue weighted by Gasteiger charge is 2.22. The molecule has 20 heavy (non-hydrogen) atoms. The first-order valence-corrected chi connectivity index (χ1v) is 6.28. The predicted molar refractivity (Wildman–Crippen MR) is 71.9 cm³/mol. The molecule has 0 heterocycles. The summed E-state index contributed by atoms with van der Waals surface area (Å²) in [5.41, 5.74) is 0.526. The number of halogens is 3. The lowest BCUT2D eigenvalue weighted by atomic mass is 9.92. The maximum absolute atomic E-state index is 13.6. The third-order valence-corrected chi connectivity index (χ3v) is 3.28. The number of hydrogen-bond acceptors (Lipinski definition) is 1. The summed E-state index contributed by atoms with van der Waals surface area (Å²) in [6.45, 7) is 0. The molecule has 0 aliphatic carbocycles. The summed E-state index contributed by atoms with van der Waals surface area (Å²) in [6.07, 6.45) is -0.124. The number of benzene rings is 2. The van der Waals surface area contributed by atoms with E-state index in [4.69, 9.17) is 11.6 Å². The third-order valence-electron chi connectivity index (χ3n) is 3.03. The molecule has 104 valence electrons. The first-order valence-electron chi connectivity index (χ1n) is 5.90. The lowest BCUT2D eigenvalue weighted by Crippen LogP contribution is -2.15. The molecule has 2 rings (SSSR count). The highest BCUT2D eigenvalue weighted by molar-refractivity contribution is 6.30. The first kappa shape index (κ1) is 14.5. The molecule has 0 spiro atoms. The zero-order chi connectivity index (χ0) is 14.7. The predicted octanol–water partition coefficient (Wildman–Crippen LogP) is 4.03. The van der Waals surface area contributed by atoms with Gasteiger partial charge >= 0.3 is 5.97 Å². The maximum atomic E-state index is 13.6. The Morgan fingerprint density at radius 1 is 1.15 bits per heavy atom. The average molecular weight is 297 g/mol. The molecule has 0 aliphatic rings. The van der Waals surface area contributed by atoms with E-state index in [1.165, 1.54) is 12.1 Å². The topological polar surface area (TPSA) is 37.3 Å². The smallest absolute Gasteiger partial charge is 0.311 e. The molecule has 1 N–H and O–H groups in total. The summed E-state index contributed by atoms with van der Waals surface area (Å²) in [4.78, 5) is 11.3. The van der Waals surface area contributed by atoms with Crippen molar-refractivity contribution in [2.24, 2.45) is 0 Å². The van der Waals surface area contributed by atoms with Crippen molar-refractivity contribution < 1.29 is 18.7 Å². The standard InChI is InChI=1S/C15H11ClF2O2/c16-11-6-4-9(5-7-11)12(15(19)20)8-10-2-1-3-13(17)14(10)18/h1-7,12H,8H2,(H,19,20). The van der Waals surface area contributed by atoms with Gasteiger partial charge in [0, 0.05) is 5.02 Å². The normalized spacial score (nSPS) is 12.2. The molecular weight excluding hydrogens is 286 g/mol. The van der Waals surface area contributed by atoms with Crippen LogP contribution in [-0.4, -0.2) is 11.1 Å². The summed E-state index contributed by atoms with van der Waals surface area (Å²) in [7, 11) is 0. The van der Waals surface area contributed by atoms with Crippen molar-refractivity contribution >= 4 is 17.6 Å². The molecule has 0 saturated heterocycles. The summed E-state index contributed by atoms with van der Waals surface area (Å²) in [6, 6.07) is 10.00. The number of rotatable bonds is 4. The van der Waals surface area contributed by atoms with Crippen molar-refractivity contribution in [3.63, 3.8) is 0 Å². The molecule has 0 amide bonds. The Labute approximate surface area is 119 Å². The van der Waals surface area contributed by atoms with Gasteiger partial charge < -0.3 is 5.11 Å². The molecule has 2 aromatic carbocycles. The Kier molecular flexibility index (Phi) is 4.35. The van der Waals surface area contributed by atoms with E-state index in [2.05, 4.69) is 0 Å². The van der Waals surface area contributed by atoms with Crippen LogP contribution in [0.5, 0.6) is 0 Å². The number of carbonyl (C=O) groups is 1. The minimum atomic E-state index is -1.10. The number of carboxylic acid groups (broad SMARTS) is 1. The molecule has 1 atom stereocenters. The molecule has 0 radical (unpaired) electrons. The van der Waals surface area contributed by atoms with E-state index < -0.39 is 23.5 Å². The Bertz CT molecular complexity index is 626. The van der Waals surface area contributed by atoms with Gasteiger partial charge in [0.15, 0.2) is 11.6 Å². The Hall–Kier alpha value is -1.94. The van der Waals surface area contributed by atoms with Gasteiger partial charge in [-0.3, -0.25) is 4.79 Å². The molecule has 0 fully saturated rings. The molecule has 1 unspecified atom stereocenters. The Morgan fingerprint density at radius 3 is 2.40 bits per heavy atom. The van der Waals surface area contributed by atoms with Crippen LogP contribution < -0.4 is 0 Å². The SMILES string of the molecule is O=C(O)C(Cc1cccc(F)c1F)c1ccc(Cl)cc1. The van der Waals surface area contributed by atoms with Gasteiger partial charge in [-0.25, -0.2) is 8.78 Å². The lowest BCUT2D eigenvalue weighted by Gasteiger charge is -2.13. The van der Waals surface area contributed by atoms with Crippen LogP contribution in [0.2, 0.25) is 5.02 Å². The molecular formula is C15H11ClF2O2. The molecule has 0 bridgehead atoms. The van der Waals surface area contributed by atoms with E-state index in [1.54, 1.807) is 24.3 Å². The van der Waals surface area contributed by atoms with Crippen LogP contribution in [0.25, 0.3) is 0 Å². The molecule has 0 aromatic heterocycles. The highest BCUT2D eigenvalue weighted by Crippen LogP contribution is 2.25. The fourth-order valence-corrected chi connectivity index (χ4v) is 2.09. The monoisotopic (exact) mass is 296 g/mol. The average Bonchev–Trinajstić information content (AvgIpc) is 2.41. The molecule has 2 aromatic rings. The minimum absolute atomic E-state index is 0.0346. The minimum Gasteiger partial charge on any atom is -0.481 e. The summed E-state index contributed by atoms with van der Waals surface area (Å²) < 4.78 is 26.8. The van der Waals surface area contributed by atoms with E-state index >= 15 is 0 Å². The second-order valence-corrected chi connectivity index (χ2v) is 4.80. The largest absolute Gasteiger partial charge is 0.481 e. The van der Waals surface area contributed by atoms with Gasteiger partial charge in [-0.1, -0.05) is 35.9 Å². The maximum Gasteiger partial charge on any atom is 0.311 e. The molecule has 0 saturated carbocycles. The van der Waals surface area contributed by atoms with Gasteiger partial charge in [-0.2, -0.15) is 0 Å². The van der Waals surface area contributed by atoms with Gasteiger partial charge in [-0.05, 0) is 35.7 Å². The van der Waals surface area contributed by atoms with Crippen molar-refractivity contribution in [1.29, 1.82) is 0 Å². The van der Waals surface area contributed by atoms with Crippen molar-refractivity contribution in [2.45, 2.75) is 12.3 Å². The Balaban J connectivity index is 2.33. The Morgan fingerprint density at radius 2 is 1.80 bits per heavy atom. The van der Waals surface area contributed by atoms with Gasteiger partial charge in [0.1, 0.15) is 0 Å². The second kappa shape index (κ2) is 6.01. The fourth-order valence-electron chi connectivity index (χ4n) is 1.97. The third kappa shape index (κ3) is 3.14. The highest BCUT2D eigenvalue weighted by atomic mass is 35.5. The number of carboxylic acids is 1. The van der Waals surface area contributed by atoms with Crippen LogP contribution in [-0.2, 0) is 11.2 Å². The van der Waals surface area contributed by atoms with Crippen molar-refractivity contribution in [1.82, 2.24) is 0 Å². The molecule has 2 nitrogen and oxygen atoms in total. The second-order valence-electron chi connectivity index (χ2n) is 4.36. The summed E-state index contributed by atoms with van der Waals surface area (Å²) >= 11 is 5.75. The van der Waals surface area contributed by atoms with E-state index in [9.17, 15) is 18.7 Å². The zero-order valence-electron chi connectivity index (χ0n) is 10.3. The van der Waals surface area contributed by atoms with Crippen LogP contribution >= 0.6 is 11.6 Å². The molecule has 5 heteroatoms. The van der Waals surface area contributed by atoms with Crippen molar-refractivity contribution in [3.05, 3.63) is 70.2 Å².